The Kier molecular flexibility index (Phi) is 4.56. The fraction of sp³-hybridized carbons (Fsp3) is 0.273. The van der Waals surface area contributed by atoms with Crippen LogP contribution in [0.1, 0.15) is 17.3 Å². The average Bonchev–Trinajstić information content (AvgIpc) is 2.38. The Morgan fingerprint density at radius 1 is 1.35 bits per heavy atom. The van der Waals surface area contributed by atoms with Gasteiger partial charge < -0.3 is 14.9 Å². The van der Waals surface area contributed by atoms with Crippen molar-refractivity contribution in [2.24, 2.45) is 0 Å². The highest BCUT2D eigenvalue weighted by atomic mass is 32.2. The SMILES string of the molecule is COC(=O)C(C)S(=O)(=O)Nc1cc(C(=O)O)ccc1O. The van der Waals surface area contributed by atoms with E-state index in [-0.39, 0.29) is 11.3 Å². The van der Waals surface area contributed by atoms with Crippen molar-refractivity contribution in [3.8, 4) is 5.75 Å². The molecule has 0 saturated heterocycles. The van der Waals surface area contributed by atoms with Gasteiger partial charge in [0.1, 0.15) is 5.75 Å². The molecule has 0 amide bonds. The highest BCUT2D eigenvalue weighted by molar-refractivity contribution is 7.94. The van der Waals surface area contributed by atoms with E-state index in [0.29, 0.717) is 0 Å². The Labute approximate surface area is 115 Å². The Morgan fingerprint density at radius 3 is 2.45 bits per heavy atom. The first-order chi connectivity index (χ1) is 9.19. The number of carboxylic acid groups (broad SMARTS) is 1. The van der Waals surface area contributed by atoms with E-state index in [2.05, 4.69) is 4.74 Å². The second-order valence-corrected chi connectivity index (χ2v) is 5.85. The van der Waals surface area contributed by atoms with Gasteiger partial charge in [-0.1, -0.05) is 0 Å². The fourth-order valence-corrected chi connectivity index (χ4v) is 2.28. The number of benzene rings is 1. The van der Waals surface area contributed by atoms with Crippen molar-refractivity contribution < 1.29 is 33.0 Å². The van der Waals surface area contributed by atoms with Crippen molar-refractivity contribution in [3.05, 3.63) is 23.8 Å². The van der Waals surface area contributed by atoms with Crippen molar-refractivity contribution in [1.29, 1.82) is 0 Å². The van der Waals surface area contributed by atoms with Crippen LogP contribution >= 0.6 is 0 Å². The second-order valence-electron chi connectivity index (χ2n) is 3.85. The van der Waals surface area contributed by atoms with Crippen LogP contribution in [-0.4, -0.2) is 42.9 Å². The molecule has 0 spiro atoms. The molecule has 1 aromatic rings. The van der Waals surface area contributed by atoms with E-state index < -0.39 is 33.0 Å². The van der Waals surface area contributed by atoms with Crippen LogP contribution in [0.4, 0.5) is 5.69 Å². The van der Waals surface area contributed by atoms with Gasteiger partial charge in [0.05, 0.1) is 18.4 Å². The van der Waals surface area contributed by atoms with Crippen LogP contribution in [0, 0.1) is 0 Å². The Hall–Kier alpha value is -2.29. The molecule has 0 radical (unpaired) electrons. The predicted molar refractivity (Wildman–Crippen MR) is 69.1 cm³/mol. The highest BCUT2D eigenvalue weighted by Gasteiger charge is 2.29. The van der Waals surface area contributed by atoms with Crippen LogP contribution in [0.3, 0.4) is 0 Å². The monoisotopic (exact) mass is 303 g/mol. The molecule has 8 nitrogen and oxygen atoms in total. The van der Waals surface area contributed by atoms with Gasteiger partial charge in [-0.2, -0.15) is 0 Å². The number of rotatable bonds is 5. The third-order valence-electron chi connectivity index (χ3n) is 2.49. The zero-order valence-corrected chi connectivity index (χ0v) is 11.5. The maximum atomic E-state index is 11.9. The van der Waals surface area contributed by atoms with Gasteiger partial charge in [-0.25, -0.2) is 13.2 Å². The molecule has 0 aliphatic rings. The largest absolute Gasteiger partial charge is 0.506 e. The third kappa shape index (κ3) is 3.38. The van der Waals surface area contributed by atoms with Gasteiger partial charge in [0.15, 0.2) is 5.25 Å². The average molecular weight is 303 g/mol. The van der Waals surface area contributed by atoms with Gasteiger partial charge in [0.2, 0.25) is 10.0 Å². The number of ether oxygens (including phenoxy) is 1. The van der Waals surface area contributed by atoms with E-state index in [1.165, 1.54) is 0 Å². The molecule has 0 aliphatic carbocycles. The van der Waals surface area contributed by atoms with Crippen LogP contribution in [0.5, 0.6) is 5.75 Å². The first kappa shape index (κ1) is 15.8. The molecule has 0 fully saturated rings. The van der Waals surface area contributed by atoms with Gasteiger partial charge in [-0.15, -0.1) is 0 Å². The number of nitrogens with one attached hydrogen (secondary N) is 1. The fourth-order valence-electron chi connectivity index (χ4n) is 1.29. The molecule has 9 heteroatoms. The molecule has 1 atom stereocenters. The van der Waals surface area contributed by atoms with Crippen molar-refractivity contribution in [2.45, 2.75) is 12.2 Å². The number of aromatic hydroxyl groups is 1. The molecule has 20 heavy (non-hydrogen) atoms. The quantitative estimate of drug-likeness (QED) is 0.530. The summed E-state index contributed by atoms with van der Waals surface area (Å²) in [6.45, 7) is 1.10. The summed E-state index contributed by atoms with van der Waals surface area (Å²) < 4.78 is 30.0. The molecular weight excluding hydrogens is 290 g/mol. The minimum absolute atomic E-state index is 0.216. The summed E-state index contributed by atoms with van der Waals surface area (Å²) in [4.78, 5) is 22.0. The first-order valence-electron chi connectivity index (χ1n) is 5.35. The summed E-state index contributed by atoms with van der Waals surface area (Å²) in [5.74, 6) is -2.73. The number of carbonyl (C=O) groups excluding carboxylic acids is 1. The number of methoxy groups -OCH3 is 1. The molecule has 1 unspecified atom stereocenters. The Balaban J connectivity index is 3.12. The lowest BCUT2D eigenvalue weighted by Gasteiger charge is -2.14. The van der Waals surface area contributed by atoms with Crippen LogP contribution in [0.25, 0.3) is 0 Å². The van der Waals surface area contributed by atoms with Crippen LogP contribution in [0.2, 0.25) is 0 Å². The number of esters is 1. The molecule has 0 aliphatic heterocycles. The maximum Gasteiger partial charge on any atom is 0.335 e. The van der Waals surface area contributed by atoms with Crippen LogP contribution < -0.4 is 4.72 Å². The summed E-state index contributed by atoms with van der Waals surface area (Å²) in [5.41, 5.74) is -0.549. The highest BCUT2D eigenvalue weighted by Crippen LogP contribution is 2.26. The van der Waals surface area contributed by atoms with Gasteiger partial charge in [0.25, 0.3) is 0 Å². The third-order valence-corrected chi connectivity index (χ3v) is 4.12. The van der Waals surface area contributed by atoms with Gasteiger partial charge in [0, 0.05) is 0 Å². The van der Waals surface area contributed by atoms with Crippen molar-refractivity contribution in [3.63, 3.8) is 0 Å². The number of phenolic OH excluding ortho intramolecular Hbond substituents is 1. The summed E-state index contributed by atoms with van der Waals surface area (Å²) in [6.07, 6.45) is 0. The second kappa shape index (κ2) is 5.78. The number of aromatic carboxylic acids is 1. The Bertz CT molecular complexity index is 638. The van der Waals surface area contributed by atoms with E-state index >= 15 is 0 Å². The summed E-state index contributed by atoms with van der Waals surface area (Å²) >= 11 is 0. The van der Waals surface area contributed by atoms with Gasteiger partial charge in [-0.05, 0) is 25.1 Å². The molecule has 0 bridgehead atoms. The van der Waals surface area contributed by atoms with E-state index in [9.17, 15) is 23.1 Å². The number of phenols is 1. The van der Waals surface area contributed by atoms with Gasteiger partial charge in [-0.3, -0.25) is 9.52 Å². The summed E-state index contributed by atoms with van der Waals surface area (Å²) in [5, 5.41) is 16.8. The molecule has 0 heterocycles. The van der Waals surface area contributed by atoms with E-state index in [1.807, 2.05) is 4.72 Å². The van der Waals surface area contributed by atoms with E-state index in [0.717, 1.165) is 32.2 Å². The molecule has 0 saturated carbocycles. The number of hydrogen-bond acceptors (Lipinski definition) is 6. The normalized spacial score (nSPS) is 12.5. The van der Waals surface area contributed by atoms with Crippen LogP contribution in [0.15, 0.2) is 18.2 Å². The summed E-state index contributed by atoms with van der Waals surface area (Å²) in [7, 11) is -3.13. The number of sulfonamides is 1. The number of carbonyl (C=O) groups is 2. The number of hydrogen-bond donors (Lipinski definition) is 3. The maximum absolute atomic E-state index is 11.9. The molecule has 110 valence electrons. The van der Waals surface area contributed by atoms with E-state index in [1.54, 1.807) is 0 Å². The van der Waals surface area contributed by atoms with Crippen LogP contribution in [-0.2, 0) is 19.6 Å². The van der Waals surface area contributed by atoms with Crippen molar-refractivity contribution >= 4 is 27.6 Å². The number of carboxylic acids is 1. The van der Waals surface area contributed by atoms with E-state index in [4.69, 9.17) is 5.11 Å². The van der Waals surface area contributed by atoms with Gasteiger partial charge >= 0.3 is 11.9 Å². The zero-order valence-electron chi connectivity index (χ0n) is 10.7. The van der Waals surface area contributed by atoms with Crippen molar-refractivity contribution in [2.75, 3.05) is 11.8 Å². The first-order valence-corrected chi connectivity index (χ1v) is 6.89. The molecule has 3 N–H and O–H groups in total. The lowest BCUT2D eigenvalue weighted by molar-refractivity contribution is -0.139. The van der Waals surface area contributed by atoms with Crippen molar-refractivity contribution in [1.82, 2.24) is 0 Å². The lowest BCUT2D eigenvalue weighted by atomic mass is 10.2. The number of anilines is 1. The Morgan fingerprint density at radius 2 is 1.95 bits per heavy atom. The zero-order chi connectivity index (χ0) is 15.5. The molecule has 1 rings (SSSR count). The topological polar surface area (TPSA) is 130 Å². The molecular formula is C11H13NO7S. The standard InChI is InChI=1S/C11H13NO7S/c1-6(11(16)19-2)20(17,18)12-8-5-7(10(14)15)3-4-9(8)13/h3-6,12-13H,1-2H3,(H,14,15). The molecule has 0 aromatic heterocycles. The minimum Gasteiger partial charge on any atom is -0.506 e. The summed E-state index contributed by atoms with van der Waals surface area (Å²) in [6, 6.07) is 3.09. The molecule has 1 aromatic carbocycles. The minimum atomic E-state index is -4.17. The lowest BCUT2D eigenvalue weighted by Crippen LogP contribution is -2.33. The smallest absolute Gasteiger partial charge is 0.335 e. The predicted octanol–water partition coefficient (Wildman–Crippen LogP) is 0.394.